The molecule has 0 saturated heterocycles. The topological polar surface area (TPSA) is 66.8 Å². The van der Waals surface area contributed by atoms with Gasteiger partial charge in [-0.1, -0.05) is 6.07 Å². The highest BCUT2D eigenvalue weighted by Crippen LogP contribution is 2.36. The monoisotopic (exact) mass is 387 g/mol. The normalized spacial score (nSPS) is 15.9. The van der Waals surface area contributed by atoms with E-state index >= 15 is 0 Å². The summed E-state index contributed by atoms with van der Waals surface area (Å²) < 4.78 is 19.3. The SMILES string of the molecule is CC(C)(C)OC(=O)N(C1CC1)C(C(=O)O)c1ccc(Br)c(F)c1. The average Bonchev–Trinajstić information content (AvgIpc) is 3.21. The van der Waals surface area contributed by atoms with Crippen molar-refractivity contribution in [2.45, 2.75) is 51.3 Å². The van der Waals surface area contributed by atoms with Crippen molar-refractivity contribution >= 4 is 28.0 Å². The zero-order chi connectivity index (χ0) is 17.4. The smallest absolute Gasteiger partial charge is 0.411 e. The highest BCUT2D eigenvalue weighted by Gasteiger charge is 2.43. The van der Waals surface area contributed by atoms with Gasteiger partial charge in [0.1, 0.15) is 11.4 Å². The second-order valence-corrected chi connectivity index (χ2v) is 7.39. The fourth-order valence-corrected chi connectivity index (χ4v) is 2.48. The van der Waals surface area contributed by atoms with Gasteiger partial charge in [-0.05, 0) is 67.2 Å². The van der Waals surface area contributed by atoms with Crippen molar-refractivity contribution in [1.29, 1.82) is 0 Å². The summed E-state index contributed by atoms with van der Waals surface area (Å²) in [4.78, 5) is 25.4. The lowest BCUT2D eigenvalue weighted by Gasteiger charge is -2.31. The molecule has 1 aromatic rings. The molecule has 0 bridgehead atoms. The molecule has 23 heavy (non-hydrogen) atoms. The number of carboxylic acids is 1. The number of carbonyl (C=O) groups is 2. The Morgan fingerprint density at radius 1 is 1.39 bits per heavy atom. The average molecular weight is 388 g/mol. The predicted octanol–water partition coefficient (Wildman–Crippen LogP) is 4.11. The van der Waals surface area contributed by atoms with Crippen LogP contribution in [0.4, 0.5) is 9.18 Å². The van der Waals surface area contributed by atoms with Gasteiger partial charge in [0.25, 0.3) is 0 Å². The summed E-state index contributed by atoms with van der Waals surface area (Å²) in [6, 6.07) is 2.58. The van der Waals surface area contributed by atoms with Crippen molar-refractivity contribution in [3.05, 3.63) is 34.1 Å². The molecule has 0 aromatic heterocycles. The zero-order valence-electron chi connectivity index (χ0n) is 13.2. The summed E-state index contributed by atoms with van der Waals surface area (Å²) in [6.45, 7) is 5.14. The Balaban J connectivity index is 2.37. The van der Waals surface area contributed by atoms with E-state index < -0.39 is 29.5 Å². The Bertz CT molecular complexity index is 625. The third kappa shape index (κ3) is 4.43. The van der Waals surface area contributed by atoms with Gasteiger partial charge in [0.15, 0.2) is 6.04 Å². The molecular weight excluding hydrogens is 369 g/mol. The fourth-order valence-electron chi connectivity index (χ4n) is 2.24. The van der Waals surface area contributed by atoms with Crippen molar-refractivity contribution in [1.82, 2.24) is 4.90 Å². The van der Waals surface area contributed by atoms with Gasteiger partial charge in [-0.2, -0.15) is 0 Å². The molecule has 0 aliphatic heterocycles. The summed E-state index contributed by atoms with van der Waals surface area (Å²) in [7, 11) is 0. The Morgan fingerprint density at radius 2 is 2.00 bits per heavy atom. The van der Waals surface area contributed by atoms with Gasteiger partial charge in [-0.15, -0.1) is 0 Å². The number of hydrogen-bond acceptors (Lipinski definition) is 3. The molecule has 0 spiro atoms. The predicted molar refractivity (Wildman–Crippen MR) is 85.6 cm³/mol. The number of aliphatic carboxylic acids is 1. The number of benzene rings is 1. The van der Waals surface area contributed by atoms with Crippen LogP contribution in [0.15, 0.2) is 22.7 Å². The number of nitrogens with zero attached hydrogens (tertiary/aromatic N) is 1. The molecule has 1 aliphatic rings. The lowest BCUT2D eigenvalue weighted by molar-refractivity contribution is -0.143. The number of carboxylic acid groups (broad SMARTS) is 1. The molecule has 0 heterocycles. The minimum Gasteiger partial charge on any atom is -0.479 e. The van der Waals surface area contributed by atoms with E-state index in [9.17, 15) is 19.1 Å². The van der Waals surface area contributed by atoms with Crippen molar-refractivity contribution in [3.63, 3.8) is 0 Å². The zero-order valence-corrected chi connectivity index (χ0v) is 14.8. The first kappa shape index (κ1) is 17.7. The number of rotatable bonds is 4. The maximum atomic E-state index is 13.8. The molecule has 1 unspecified atom stereocenters. The standard InChI is InChI=1S/C16H19BrFNO4/c1-16(2,3)23-15(22)19(10-5-6-10)13(14(20)21)9-4-7-11(17)12(18)8-9/h4,7-8,10,13H,5-6H2,1-3H3,(H,20,21). The number of amides is 1. The summed E-state index contributed by atoms with van der Waals surface area (Å²) in [5.74, 6) is -1.79. The van der Waals surface area contributed by atoms with Gasteiger partial charge in [0.05, 0.1) is 4.47 Å². The van der Waals surface area contributed by atoms with Crippen LogP contribution >= 0.6 is 15.9 Å². The summed E-state index contributed by atoms with van der Waals surface area (Å²) in [5, 5.41) is 9.60. The molecule has 2 rings (SSSR count). The molecule has 1 saturated carbocycles. The molecule has 7 heteroatoms. The number of carbonyl (C=O) groups excluding carboxylic acids is 1. The minimum absolute atomic E-state index is 0.197. The first-order chi connectivity index (χ1) is 10.6. The van der Waals surface area contributed by atoms with Crippen molar-refractivity contribution in [2.24, 2.45) is 0 Å². The number of hydrogen-bond donors (Lipinski definition) is 1. The highest BCUT2D eigenvalue weighted by molar-refractivity contribution is 9.10. The van der Waals surface area contributed by atoms with Gasteiger partial charge < -0.3 is 9.84 Å². The molecule has 1 aromatic carbocycles. The Labute approximate surface area is 142 Å². The van der Waals surface area contributed by atoms with E-state index in [1.165, 1.54) is 17.0 Å². The highest BCUT2D eigenvalue weighted by atomic mass is 79.9. The molecule has 1 N–H and O–H groups in total. The second kappa shape index (κ2) is 6.47. The molecule has 1 amide bonds. The fraction of sp³-hybridized carbons (Fsp3) is 0.500. The molecule has 1 fully saturated rings. The van der Waals surface area contributed by atoms with Gasteiger partial charge in [-0.25, -0.2) is 14.0 Å². The van der Waals surface area contributed by atoms with Crippen LogP contribution in [0, 0.1) is 5.82 Å². The summed E-state index contributed by atoms with van der Waals surface area (Å²) in [5.41, 5.74) is -0.533. The van der Waals surface area contributed by atoms with Crippen LogP contribution in [0.2, 0.25) is 0 Å². The first-order valence-corrected chi connectivity index (χ1v) is 8.08. The quantitative estimate of drug-likeness (QED) is 0.843. The molecule has 5 nitrogen and oxygen atoms in total. The van der Waals surface area contributed by atoms with Crippen molar-refractivity contribution < 1.29 is 23.8 Å². The second-order valence-electron chi connectivity index (χ2n) is 6.53. The van der Waals surface area contributed by atoms with Gasteiger partial charge in [0.2, 0.25) is 0 Å². The summed E-state index contributed by atoms with van der Waals surface area (Å²) in [6.07, 6.45) is 0.722. The van der Waals surface area contributed by atoms with Gasteiger partial charge in [0, 0.05) is 6.04 Å². The first-order valence-electron chi connectivity index (χ1n) is 7.29. The minimum atomic E-state index is -1.28. The molecule has 126 valence electrons. The Kier molecular flexibility index (Phi) is 4.98. The maximum Gasteiger partial charge on any atom is 0.411 e. The number of ether oxygens (including phenoxy) is 1. The molecular formula is C16H19BrFNO4. The van der Waals surface area contributed by atoms with Crippen LogP contribution in [0.25, 0.3) is 0 Å². The van der Waals surface area contributed by atoms with E-state index in [-0.39, 0.29) is 16.1 Å². The largest absolute Gasteiger partial charge is 0.479 e. The van der Waals surface area contributed by atoms with E-state index in [1.54, 1.807) is 20.8 Å². The molecule has 1 aliphatic carbocycles. The maximum absolute atomic E-state index is 13.8. The van der Waals surface area contributed by atoms with Gasteiger partial charge in [-0.3, -0.25) is 4.90 Å². The Hall–Kier alpha value is -1.63. The van der Waals surface area contributed by atoms with Crippen LogP contribution in [0.1, 0.15) is 45.2 Å². The van der Waals surface area contributed by atoms with Crippen LogP contribution in [0.3, 0.4) is 0 Å². The van der Waals surface area contributed by atoms with E-state index in [0.29, 0.717) is 12.8 Å². The van der Waals surface area contributed by atoms with E-state index in [1.807, 2.05) is 0 Å². The third-order valence-corrected chi connectivity index (χ3v) is 3.96. The van der Waals surface area contributed by atoms with E-state index in [4.69, 9.17) is 4.74 Å². The van der Waals surface area contributed by atoms with Crippen LogP contribution in [-0.2, 0) is 9.53 Å². The number of halogens is 2. The lowest BCUT2D eigenvalue weighted by Crippen LogP contribution is -2.43. The Morgan fingerprint density at radius 3 is 2.43 bits per heavy atom. The summed E-state index contributed by atoms with van der Waals surface area (Å²) >= 11 is 3.03. The molecule has 0 radical (unpaired) electrons. The van der Waals surface area contributed by atoms with E-state index in [0.717, 1.165) is 6.07 Å². The van der Waals surface area contributed by atoms with Gasteiger partial charge >= 0.3 is 12.1 Å². The van der Waals surface area contributed by atoms with Crippen molar-refractivity contribution in [2.75, 3.05) is 0 Å². The van der Waals surface area contributed by atoms with Crippen LogP contribution < -0.4 is 0 Å². The van der Waals surface area contributed by atoms with Crippen LogP contribution in [-0.4, -0.2) is 33.7 Å². The van der Waals surface area contributed by atoms with Crippen LogP contribution in [0.5, 0.6) is 0 Å². The van der Waals surface area contributed by atoms with E-state index in [2.05, 4.69) is 15.9 Å². The lowest BCUT2D eigenvalue weighted by atomic mass is 10.1. The van der Waals surface area contributed by atoms with Crippen molar-refractivity contribution in [3.8, 4) is 0 Å². The molecule has 1 atom stereocenters. The third-order valence-electron chi connectivity index (χ3n) is 3.32.